The van der Waals surface area contributed by atoms with Gasteiger partial charge in [-0.3, -0.25) is 4.79 Å². The number of alkyl halides is 1. The second-order valence-corrected chi connectivity index (χ2v) is 10.4. The molecular formula is C34H24Cl2N2O9. The molecule has 1 aromatic heterocycles. The minimum absolute atomic E-state index is 0.0523. The van der Waals surface area contributed by atoms with Crippen LogP contribution in [0.15, 0.2) is 82.0 Å². The number of hydrogen-bond acceptors (Lipinski definition) is 9. The summed E-state index contributed by atoms with van der Waals surface area (Å²) in [7, 11) is 1.20. The number of benzene rings is 4. The number of aromatic hydroxyl groups is 1. The number of para-hydroxylation sites is 1. The standard InChI is InChI=1S/C33H21ClN2O9.CH3Cl/c1-44-33(43)16-5-7-17(31(39)40)19(11-16)28-18-8-10-25(37)21(30(18)45-27-13-26(38)22(34)12-20(27)28)14-35-23-4-2-3-15-6-9-24(32(41)42)36-29(15)23;1-2/h2-13,35,37H,14H2,1H3,(H,39,40)(H,41,42);1H3. The van der Waals surface area contributed by atoms with Crippen LogP contribution >= 0.6 is 23.2 Å². The topological polar surface area (TPSA) is 176 Å². The van der Waals surface area contributed by atoms with Crippen LogP contribution in [0.3, 0.4) is 0 Å². The van der Waals surface area contributed by atoms with Gasteiger partial charge < -0.3 is 29.8 Å². The van der Waals surface area contributed by atoms with Crippen molar-refractivity contribution < 1.29 is 38.9 Å². The average molecular weight is 675 g/mol. The number of fused-ring (bicyclic) bond motifs is 3. The molecule has 0 unspecified atom stereocenters. The van der Waals surface area contributed by atoms with Gasteiger partial charge in [-0.25, -0.2) is 19.4 Å². The van der Waals surface area contributed by atoms with Crippen LogP contribution < -0.4 is 10.7 Å². The van der Waals surface area contributed by atoms with Crippen molar-refractivity contribution in [1.82, 2.24) is 4.98 Å². The average Bonchev–Trinajstić information content (AvgIpc) is 3.07. The van der Waals surface area contributed by atoms with Crippen LogP contribution in [-0.4, -0.2) is 51.7 Å². The zero-order valence-electron chi connectivity index (χ0n) is 24.6. The molecule has 0 fully saturated rings. The van der Waals surface area contributed by atoms with E-state index < -0.39 is 23.3 Å². The summed E-state index contributed by atoms with van der Waals surface area (Å²) in [6.45, 7) is -0.0540. The molecule has 0 saturated carbocycles. The Hall–Kier alpha value is -5.65. The molecule has 3 aromatic carbocycles. The van der Waals surface area contributed by atoms with E-state index in [9.17, 15) is 34.5 Å². The normalized spacial score (nSPS) is 10.8. The first-order valence-electron chi connectivity index (χ1n) is 13.7. The molecular weight excluding hydrogens is 651 g/mol. The largest absolute Gasteiger partial charge is 0.507 e. The van der Waals surface area contributed by atoms with Gasteiger partial charge in [0, 0.05) is 40.9 Å². The van der Waals surface area contributed by atoms with E-state index >= 15 is 0 Å². The molecule has 1 aliphatic heterocycles. The molecule has 4 aromatic rings. The first-order chi connectivity index (χ1) is 22.6. The number of pyridine rings is 1. The van der Waals surface area contributed by atoms with Crippen LogP contribution in [0.2, 0.25) is 5.02 Å². The number of aromatic nitrogens is 1. The second kappa shape index (κ2) is 13.4. The van der Waals surface area contributed by atoms with E-state index in [0.29, 0.717) is 27.5 Å². The van der Waals surface area contributed by atoms with E-state index in [1.165, 1.54) is 56.0 Å². The summed E-state index contributed by atoms with van der Waals surface area (Å²) in [5, 5.41) is 34.6. The summed E-state index contributed by atoms with van der Waals surface area (Å²) in [6, 6.07) is 17.7. The van der Waals surface area contributed by atoms with Crippen LogP contribution in [0.4, 0.5) is 5.69 Å². The quantitative estimate of drug-likeness (QED) is 0.0770. The van der Waals surface area contributed by atoms with Crippen molar-refractivity contribution in [1.29, 1.82) is 0 Å². The van der Waals surface area contributed by atoms with E-state index in [2.05, 4.69) is 21.9 Å². The number of phenolic OH excluding ortho intramolecular Hbond substituents is 1. The van der Waals surface area contributed by atoms with E-state index in [4.69, 9.17) is 20.8 Å². The number of anilines is 1. The summed E-state index contributed by atoms with van der Waals surface area (Å²) in [6.07, 6.45) is 1.47. The van der Waals surface area contributed by atoms with Crippen LogP contribution in [-0.2, 0) is 11.3 Å². The van der Waals surface area contributed by atoms with Gasteiger partial charge in [0.1, 0.15) is 22.8 Å². The Morgan fingerprint density at radius 3 is 2.40 bits per heavy atom. The summed E-state index contributed by atoms with van der Waals surface area (Å²) >= 11 is 10.9. The van der Waals surface area contributed by atoms with Crippen molar-refractivity contribution in [2.24, 2.45) is 0 Å². The molecule has 0 atom stereocenters. The summed E-state index contributed by atoms with van der Waals surface area (Å²) in [4.78, 5) is 53.2. The van der Waals surface area contributed by atoms with Gasteiger partial charge in [0.15, 0.2) is 0 Å². The van der Waals surface area contributed by atoms with Crippen LogP contribution in [0.1, 0.15) is 36.8 Å². The van der Waals surface area contributed by atoms with Crippen LogP contribution in [0.5, 0.6) is 5.75 Å². The Morgan fingerprint density at radius 2 is 1.70 bits per heavy atom. The fourth-order valence-corrected chi connectivity index (χ4v) is 5.40. The van der Waals surface area contributed by atoms with Gasteiger partial charge in [-0.1, -0.05) is 29.8 Å². The van der Waals surface area contributed by atoms with E-state index in [0.717, 1.165) is 6.07 Å². The van der Waals surface area contributed by atoms with Crippen LogP contribution in [0, 0.1) is 0 Å². The maximum Gasteiger partial charge on any atom is 0.354 e. The lowest BCUT2D eigenvalue weighted by molar-refractivity contribution is 0.0598. The van der Waals surface area contributed by atoms with Crippen LogP contribution in [0.25, 0.3) is 44.3 Å². The highest BCUT2D eigenvalue weighted by Crippen LogP contribution is 2.44. The molecule has 0 bridgehead atoms. The fraction of sp³-hybridized carbons (Fsp3) is 0.0882. The lowest BCUT2D eigenvalue weighted by Gasteiger charge is -2.20. The Balaban J connectivity index is 0.00000213. The predicted molar refractivity (Wildman–Crippen MR) is 177 cm³/mol. The number of carboxylic acid groups (broad SMARTS) is 2. The van der Waals surface area contributed by atoms with Crippen molar-refractivity contribution in [3.8, 4) is 28.2 Å². The molecule has 0 saturated heterocycles. The number of esters is 1. The smallest absolute Gasteiger partial charge is 0.354 e. The molecule has 6 rings (SSSR count). The summed E-state index contributed by atoms with van der Waals surface area (Å²) < 4.78 is 11.0. The number of carbonyl (C=O) groups is 3. The minimum atomic E-state index is -1.28. The van der Waals surface area contributed by atoms with E-state index in [1.54, 1.807) is 24.3 Å². The molecule has 47 heavy (non-hydrogen) atoms. The number of nitrogens with zero attached hydrogens (tertiary/aromatic N) is 1. The third kappa shape index (κ3) is 6.14. The van der Waals surface area contributed by atoms with E-state index in [-0.39, 0.29) is 62.2 Å². The summed E-state index contributed by atoms with van der Waals surface area (Å²) in [5.74, 6) is -3.29. The molecule has 0 amide bonds. The molecule has 238 valence electrons. The van der Waals surface area contributed by atoms with Crippen molar-refractivity contribution in [2.75, 3.05) is 18.8 Å². The van der Waals surface area contributed by atoms with Crippen molar-refractivity contribution in [2.45, 2.75) is 6.54 Å². The van der Waals surface area contributed by atoms with Gasteiger partial charge in [0.05, 0.1) is 40.0 Å². The minimum Gasteiger partial charge on any atom is -0.507 e. The molecule has 13 heteroatoms. The highest BCUT2D eigenvalue weighted by molar-refractivity contribution is 6.31. The number of nitrogens with one attached hydrogen (secondary N) is 1. The number of phenols is 1. The van der Waals surface area contributed by atoms with Crippen molar-refractivity contribution >= 4 is 68.7 Å². The maximum atomic E-state index is 12.6. The SMILES string of the molecule is CCl.COC(=O)c1ccc(C(=O)O)c(-c2c3cc(Cl)c(=O)cc-3oc3c(CNc4cccc5ccc(C(=O)O)nc45)c(O)ccc23)c1. The molecule has 4 N–H and O–H groups in total. The number of methoxy groups -OCH3 is 1. The highest BCUT2D eigenvalue weighted by atomic mass is 35.5. The number of hydrogen-bond donors (Lipinski definition) is 4. The zero-order chi connectivity index (χ0) is 34.0. The van der Waals surface area contributed by atoms with Gasteiger partial charge in [-0.05, 0) is 54.1 Å². The molecule has 2 aliphatic rings. The molecule has 11 nitrogen and oxygen atoms in total. The summed E-state index contributed by atoms with van der Waals surface area (Å²) in [5.41, 5.74) is 1.15. The Bertz CT molecular complexity index is 2250. The molecule has 0 radical (unpaired) electrons. The number of aromatic carboxylic acids is 2. The number of rotatable bonds is 7. The van der Waals surface area contributed by atoms with Gasteiger partial charge in [0.25, 0.3) is 0 Å². The van der Waals surface area contributed by atoms with Gasteiger partial charge in [-0.15, -0.1) is 11.6 Å². The number of halogens is 2. The monoisotopic (exact) mass is 674 g/mol. The lowest BCUT2D eigenvalue weighted by Crippen LogP contribution is -2.08. The first kappa shape index (κ1) is 32.7. The Morgan fingerprint density at radius 1 is 0.936 bits per heavy atom. The molecule has 0 spiro atoms. The zero-order valence-corrected chi connectivity index (χ0v) is 26.1. The number of ether oxygens (including phenoxy) is 1. The third-order valence-corrected chi connectivity index (χ3v) is 7.65. The Labute approximate surface area is 275 Å². The third-order valence-electron chi connectivity index (χ3n) is 7.36. The van der Waals surface area contributed by atoms with Gasteiger partial charge in [-0.2, -0.15) is 0 Å². The predicted octanol–water partition coefficient (Wildman–Crippen LogP) is 7.12. The second-order valence-electron chi connectivity index (χ2n) is 9.99. The maximum absolute atomic E-state index is 12.6. The number of carbonyl (C=O) groups excluding carboxylic acids is 1. The van der Waals surface area contributed by atoms with Gasteiger partial charge >= 0.3 is 17.9 Å². The van der Waals surface area contributed by atoms with Gasteiger partial charge in [0.2, 0.25) is 5.43 Å². The first-order valence-corrected chi connectivity index (χ1v) is 14.8. The Kier molecular flexibility index (Phi) is 9.31. The lowest BCUT2D eigenvalue weighted by atomic mass is 9.89. The molecule has 1 aliphatic carbocycles. The van der Waals surface area contributed by atoms with Crippen molar-refractivity contribution in [3.05, 3.63) is 110 Å². The van der Waals surface area contributed by atoms with E-state index in [1.807, 2.05) is 0 Å². The highest BCUT2D eigenvalue weighted by Gasteiger charge is 2.26. The fourth-order valence-electron chi connectivity index (χ4n) is 5.24. The number of carboxylic acids is 2. The van der Waals surface area contributed by atoms with Crippen molar-refractivity contribution in [3.63, 3.8) is 0 Å². The molecule has 2 heterocycles.